The summed E-state index contributed by atoms with van der Waals surface area (Å²) in [6.45, 7) is 6.53. The van der Waals surface area contributed by atoms with Crippen molar-refractivity contribution in [3.63, 3.8) is 0 Å². The Morgan fingerprint density at radius 3 is 0.844 bits per heavy atom. The first kappa shape index (κ1) is 74.1. The van der Waals surface area contributed by atoms with Gasteiger partial charge in [0.05, 0.1) is 0 Å². The topological polar surface area (TPSA) is 78.9 Å². The fourth-order valence-corrected chi connectivity index (χ4v) is 9.95. The minimum Gasteiger partial charge on any atom is -0.462 e. The molecule has 1 atom stereocenters. The Morgan fingerprint density at radius 2 is 0.519 bits per heavy atom. The standard InChI is InChI=1S/C71H128O6/c1-4-7-10-13-16-19-22-24-26-28-30-32-33-34-35-36-37-39-40-42-44-46-49-52-55-58-61-64-70(73)76-67-68(66-75-69(72)63-60-57-54-51-48-21-18-15-12-9-6-3)77-71(74)65-62-59-56-53-50-47-45-43-41-38-31-29-27-25-23-20-17-14-11-8-5-2/h8,11,15,17-18,20,25,27,31,38,68H,4-7,9-10,12-14,16,19,21-24,26,28-30,32-37,39-67H2,1-3H3/b11-8-,18-15-,20-17-,27-25-,38-31-. The van der Waals surface area contributed by atoms with Gasteiger partial charge in [-0.3, -0.25) is 14.4 Å². The van der Waals surface area contributed by atoms with Crippen molar-refractivity contribution in [1.29, 1.82) is 0 Å². The Morgan fingerprint density at radius 1 is 0.273 bits per heavy atom. The Balaban J connectivity index is 4.20. The van der Waals surface area contributed by atoms with Gasteiger partial charge in [-0.2, -0.15) is 0 Å². The molecule has 448 valence electrons. The molecule has 0 fully saturated rings. The van der Waals surface area contributed by atoms with Crippen LogP contribution in [-0.2, 0) is 28.6 Å². The lowest BCUT2D eigenvalue weighted by Crippen LogP contribution is -2.30. The Bertz CT molecular complexity index is 1380. The van der Waals surface area contributed by atoms with Crippen LogP contribution in [0.25, 0.3) is 0 Å². The van der Waals surface area contributed by atoms with Gasteiger partial charge in [0.1, 0.15) is 13.2 Å². The number of allylic oxidation sites excluding steroid dienone is 10. The molecular formula is C71H128O6. The number of hydrogen-bond acceptors (Lipinski definition) is 6. The molecule has 0 aliphatic rings. The van der Waals surface area contributed by atoms with Crippen LogP contribution in [0, 0.1) is 0 Å². The van der Waals surface area contributed by atoms with Gasteiger partial charge in [-0.1, -0.05) is 319 Å². The van der Waals surface area contributed by atoms with Crippen LogP contribution < -0.4 is 0 Å². The fraction of sp³-hybridized carbons (Fsp3) is 0.817. The van der Waals surface area contributed by atoms with Gasteiger partial charge in [0.2, 0.25) is 0 Å². The van der Waals surface area contributed by atoms with Crippen LogP contribution in [0.2, 0.25) is 0 Å². The monoisotopic (exact) mass is 1080 g/mol. The third kappa shape index (κ3) is 63.8. The highest BCUT2D eigenvalue weighted by Gasteiger charge is 2.19. The molecule has 0 saturated carbocycles. The van der Waals surface area contributed by atoms with Crippen molar-refractivity contribution in [2.24, 2.45) is 0 Å². The van der Waals surface area contributed by atoms with Crippen LogP contribution in [0.3, 0.4) is 0 Å². The summed E-state index contributed by atoms with van der Waals surface area (Å²) in [5.74, 6) is -0.876. The van der Waals surface area contributed by atoms with E-state index in [2.05, 4.69) is 81.5 Å². The fourth-order valence-electron chi connectivity index (χ4n) is 9.95. The molecule has 0 spiro atoms. The van der Waals surface area contributed by atoms with Crippen molar-refractivity contribution < 1.29 is 28.6 Å². The number of ether oxygens (including phenoxy) is 3. The molecule has 0 aromatic rings. The molecular weight excluding hydrogens is 949 g/mol. The van der Waals surface area contributed by atoms with E-state index in [0.717, 1.165) is 96.3 Å². The number of esters is 3. The molecule has 77 heavy (non-hydrogen) atoms. The van der Waals surface area contributed by atoms with Crippen molar-refractivity contribution in [1.82, 2.24) is 0 Å². The Kier molecular flexibility index (Phi) is 63.2. The molecule has 0 aliphatic carbocycles. The lowest BCUT2D eigenvalue weighted by Gasteiger charge is -2.18. The maximum Gasteiger partial charge on any atom is 0.306 e. The third-order valence-electron chi connectivity index (χ3n) is 15.0. The summed E-state index contributed by atoms with van der Waals surface area (Å²) in [6, 6.07) is 0. The second-order valence-electron chi connectivity index (χ2n) is 22.7. The molecule has 0 amide bonds. The van der Waals surface area contributed by atoms with Gasteiger partial charge in [0.15, 0.2) is 6.10 Å². The molecule has 0 aliphatic heterocycles. The summed E-state index contributed by atoms with van der Waals surface area (Å²) in [5.41, 5.74) is 0. The van der Waals surface area contributed by atoms with Gasteiger partial charge < -0.3 is 14.2 Å². The summed E-state index contributed by atoms with van der Waals surface area (Å²) in [4.78, 5) is 38.3. The molecule has 0 heterocycles. The summed E-state index contributed by atoms with van der Waals surface area (Å²) in [5, 5.41) is 0. The minimum absolute atomic E-state index is 0.0769. The van der Waals surface area contributed by atoms with Crippen molar-refractivity contribution >= 4 is 17.9 Å². The van der Waals surface area contributed by atoms with E-state index in [-0.39, 0.29) is 31.1 Å². The van der Waals surface area contributed by atoms with E-state index >= 15 is 0 Å². The van der Waals surface area contributed by atoms with E-state index in [9.17, 15) is 14.4 Å². The number of carbonyl (C=O) groups is 3. The molecule has 0 saturated heterocycles. The van der Waals surface area contributed by atoms with E-state index in [0.29, 0.717) is 19.3 Å². The third-order valence-corrected chi connectivity index (χ3v) is 15.0. The highest BCUT2D eigenvalue weighted by molar-refractivity contribution is 5.71. The van der Waals surface area contributed by atoms with E-state index in [1.54, 1.807) is 0 Å². The van der Waals surface area contributed by atoms with Crippen LogP contribution in [0.15, 0.2) is 60.8 Å². The van der Waals surface area contributed by atoms with Gasteiger partial charge in [-0.15, -0.1) is 0 Å². The zero-order chi connectivity index (χ0) is 55.7. The largest absolute Gasteiger partial charge is 0.462 e. The smallest absolute Gasteiger partial charge is 0.306 e. The number of unbranched alkanes of at least 4 members (excludes halogenated alkanes) is 41. The molecule has 1 unspecified atom stereocenters. The molecule has 0 N–H and O–H groups in total. The Labute approximate surface area is 479 Å². The first-order valence-corrected chi connectivity index (χ1v) is 33.8. The molecule has 6 nitrogen and oxygen atoms in total. The maximum absolute atomic E-state index is 12.9. The van der Waals surface area contributed by atoms with Crippen molar-refractivity contribution in [3.05, 3.63) is 60.8 Å². The van der Waals surface area contributed by atoms with Gasteiger partial charge in [0.25, 0.3) is 0 Å². The highest BCUT2D eigenvalue weighted by Crippen LogP contribution is 2.18. The van der Waals surface area contributed by atoms with E-state index < -0.39 is 6.10 Å². The SMILES string of the molecule is CC/C=C\C/C=C\C/C=C\C/C=C\CCCCCCCCCCC(=O)OC(COC(=O)CCCCCCC/C=C\CCCC)COC(=O)CCCCCCCCCCCCCCCCCCCCCCCCCCCCC. The molecule has 0 bridgehead atoms. The van der Waals surface area contributed by atoms with Gasteiger partial charge >= 0.3 is 17.9 Å². The summed E-state index contributed by atoms with van der Waals surface area (Å²) in [7, 11) is 0. The second kappa shape index (κ2) is 65.6. The Hall–Kier alpha value is -2.89. The van der Waals surface area contributed by atoms with E-state index in [1.807, 2.05) is 0 Å². The summed E-state index contributed by atoms with van der Waals surface area (Å²) in [6.07, 6.45) is 84.0. The predicted molar refractivity (Wildman–Crippen MR) is 335 cm³/mol. The first-order valence-electron chi connectivity index (χ1n) is 33.8. The lowest BCUT2D eigenvalue weighted by atomic mass is 10.0. The van der Waals surface area contributed by atoms with Crippen LogP contribution in [-0.4, -0.2) is 37.2 Å². The molecule has 0 aromatic carbocycles. The number of rotatable bonds is 62. The average Bonchev–Trinajstić information content (AvgIpc) is 3.43. The molecule has 0 aromatic heterocycles. The molecule has 0 radical (unpaired) electrons. The van der Waals surface area contributed by atoms with E-state index in [4.69, 9.17) is 14.2 Å². The quantitative estimate of drug-likeness (QED) is 0.0261. The second-order valence-corrected chi connectivity index (χ2v) is 22.7. The minimum atomic E-state index is -0.781. The van der Waals surface area contributed by atoms with Crippen molar-refractivity contribution in [3.8, 4) is 0 Å². The maximum atomic E-state index is 12.9. The molecule has 6 heteroatoms. The molecule has 0 rings (SSSR count). The summed E-state index contributed by atoms with van der Waals surface area (Å²) < 4.78 is 16.9. The number of hydrogen-bond donors (Lipinski definition) is 0. The lowest BCUT2D eigenvalue weighted by molar-refractivity contribution is -0.167. The van der Waals surface area contributed by atoms with E-state index in [1.165, 1.54) is 218 Å². The van der Waals surface area contributed by atoms with Crippen molar-refractivity contribution in [2.75, 3.05) is 13.2 Å². The zero-order valence-corrected chi connectivity index (χ0v) is 51.5. The van der Waals surface area contributed by atoms with Crippen LogP contribution in [0.5, 0.6) is 0 Å². The number of carbonyl (C=O) groups excluding carboxylic acids is 3. The van der Waals surface area contributed by atoms with Gasteiger partial charge in [-0.05, 0) is 77.0 Å². The van der Waals surface area contributed by atoms with Crippen LogP contribution in [0.1, 0.15) is 355 Å². The van der Waals surface area contributed by atoms with Crippen LogP contribution >= 0.6 is 0 Å². The highest BCUT2D eigenvalue weighted by atomic mass is 16.6. The predicted octanol–water partition coefficient (Wildman–Crippen LogP) is 23.1. The summed E-state index contributed by atoms with van der Waals surface area (Å²) >= 11 is 0. The van der Waals surface area contributed by atoms with Gasteiger partial charge in [0, 0.05) is 19.3 Å². The zero-order valence-electron chi connectivity index (χ0n) is 51.5. The first-order chi connectivity index (χ1) is 38.0. The van der Waals surface area contributed by atoms with Crippen molar-refractivity contribution in [2.45, 2.75) is 361 Å². The van der Waals surface area contributed by atoms with Crippen LogP contribution in [0.4, 0.5) is 0 Å². The normalized spacial score (nSPS) is 12.4. The van der Waals surface area contributed by atoms with Gasteiger partial charge in [-0.25, -0.2) is 0 Å². The average molecular weight is 1080 g/mol.